The highest BCUT2D eigenvalue weighted by Gasteiger charge is 2.44. The third kappa shape index (κ3) is 3.74. The summed E-state index contributed by atoms with van der Waals surface area (Å²) in [4.78, 5) is 11.2. The van der Waals surface area contributed by atoms with E-state index in [1.54, 1.807) is 0 Å². The molecule has 1 aromatic heterocycles. The second-order valence-corrected chi connectivity index (χ2v) is 13.7. The number of hydrogen-bond acceptors (Lipinski definition) is 1. The SMILES string of the molecule is CC(=O)Nc1ccc(-c2ccn([Si](C(C)C)(C(C)C)C(C)C)c2)cc1. The molecular formula is C21H32N2OSi. The minimum absolute atomic E-state index is 0.0412. The van der Waals surface area contributed by atoms with Crippen LogP contribution >= 0.6 is 0 Å². The van der Waals surface area contributed by atoms with Crippen molar-refractivity contribution in [2.75, 3.05) is 5.32 Å². The van der Waals surface area contributed by atoms with Crippen molar-refractivity contribution < 1.29 is 4.79 Å². The molecule has 1 aromatic carbocycles. The number of nitrogens with one attached hydrogen (secondary N) is 1. The summed E-state index contributed by atoms with van der Waals surface area (Å²) in [5.74, 6) is -0.0412. The largest absolute Gasteiger partial charge is 0.379 e. The summed E-state index contributed by atoms with van der Waals surface area (Å²) >= 11 is 0. The Kier molecular flexibility index (Phi) is 5.94. The van der Waals surface area contributed by atoms with Crippen molar-refractivity contribution in [1.82, 2.24) is 4.23 Å². The molecule has 0 bridgehead atoms. The van der Waals surface area contributed by atoms with Crippen molar-refractivity contribution in [1.29, 1.82) is 0 Å². The van der Waals surface area contributed by atoms with Crippen molar-refractivity contribution >= 4 is 19.8 Å². The van der Waals surface area contributed by atoms with Crippen molar-refractivity contribution in [3.8, 4) is 11.1 Å². The second-order valence-electron chi connectivity index (χ2n) is 7.92. The van der Waals surface area contributed by atoms with Gasteiger partial charge in [-0.2, -0.15) is 0 Å². The molecule has 0 aliphatic rings. The highest BCUT2D eigenvalue weighted by atomic mass is 28.3. The summed E-state index contributed by atoms with van der Waals surface area (Å²) in [6.07, 6.45) is 4.61. The lowest BCUT2D eigenvalue weighted by atomic mass is 10.1. The summed E-state index contributed by atoms with van der Waals surface area (Å²) in [7, 11) is -1.69. The van der Waals surface area contributed by atoms with E-state index in [1.165, 1.54) is 18.1 Å². The summed E-state index contributed by atoms with van der Waals surface area (Å²) in [6, 6.07) is 10.3. The molecule has 2 aromatic rings. The van der Waals surface area contributed by atoms with E-state index in [-0.39, 0.29) is 5.91 Å². The van der Waals surface area contributed by atoms with Gasteiger partial charge in [0.2, 0.25) is 5.91 Å². The van der Waals surface area contributed by atoms with Gasteiger partial charge in [0.1, 0.15) is 0 Å². The number of rotatable bonds is 6. The molecule has 0 atom stereocenters. The highest BCUT2D eigenvalue weighted by Crippen LogP contribution is 2.43. The Morgan fingerprint density at radius 1 is 0.880 bits per heavy atom. The van der Waals surface area contributed by atoms with Crippen LogP contribution in [-0.2, 0) is 4.79 Å². The number of benzene rings is 1. The Labute approximate surface area is 153 Å². The molecule has 25 heavy (non-hydrogen) atoms. The van der Waals surface area contributed by atoms with Gasteiger partial charge in [0.05, 0.1) is 0 Å². The summed E-state index contributed by atoms with van der Waals surface area (Å²) in [5, 5.41) is 2.82. The monoisotopic (exact) mass is 356 g/mol. The molecule has 0 aliphatic carbocycles. The van der Waals surface area contributed by atoms with Gasteiger partial charge in [-0.15, -0.1) is 0 Å². The minimum atomic E-state index is -1.69. The molecule has 0 saturated carbocycles. The van der Waals surface area contributed by atoms with Crippen LogP contribution in [-0.4, -0.2) is 18.4 Å². The van der Waals surface area contributed by atoms with Crippen molar-refractivity contribution in [2.45, 2.75) is 65.1 Å². The quantitative estimate of drug-likeness (QED) is 0.620. The molecule has 1 heterocycles. The van der Waals surface area contributed by atoms with Gasteiger partial charge in [0, 0.05) is 18.8 Å². The van der Waals surface area contributed by atoms with Crippen LogP contribution in [0.1, 0.15) is 48.5 Å². The van der Waals surface area contributed by atoms with E-state index >= 15 is 0 Å². The molecule has 4 heteroatoms. The Morgan fingerprint density at radius 2 is 1.40 bits per heavy atom. The van der Waals surface area contributed by atoms with Gasteiger partial charge in [-0.05, 0) is 52.1 Å². The molecule has 0 radical (unpaired) electrons. The average Bonchev–Trinajstić information content (AvgIpc) is 2.96. The van der Waals surface area contributed by atoms with E-state index < -0.39 is 8.24 Å². The van der Waals surface area contributed by atoms with E-state index in [2.05, 4.69) is 81.7 Å². The van der Waals surface area contributed by atoms with Crippen LogP contribution in [0.5, 0.6) is 0 Å². The fraction of sp³-hybridized carbons (Fsp3) is 0.476. The van der Waals surface area contributed by atoms with Gasteiger partial charge < -0.3 is 9.55 Å². The Balaban J connectivity index is 2.39. The fourth-order valence-corrected chi connectivity index (χ4v) is 11.1. The van der Waals surface area contributed by atoms with Crippen LogP contribution in [0, 0.1) is 0 Å². The van der Waals surface area contributed by atoms with E-state index in [1.807, 2.05) is 12.1 Å². The first-order valence-corrected chi connectivity index (χ1v) is 11.4. The lowest BCUT2D eigenvalue weighted by molar-refractivity contribution is -0.114. The second kappa shape index (κ2) is 7.61. The molecule has 1 N–H and O–H groups in total. The third-order valence-corrected chi connectivity index (χ3v) is 12.2. The number of amides is 1. The normalized spacial score (nSPS) is 12.2. The van der Waals surface area contributed by atoms with Crippen molar-refractivity contribution in [3.05, 3.63) is 42.7 Å². The molecule has 1 amide bonds. The van der Waals surface area contributed by atoms with Gasteiger partial charge >= 0.3 is 0 Å². The molecule has 136 valence electrons. The zero-order chi connectivity index (χ0) is 18.8. The third-order valence-electron chi connectivity index (χ3n) is 5.45. The molecule has 0 saturated heterocycles. The Hall–Kier alpha value is -1.81. The topological polar surface area (TPSA) is 34.0 Å². The lowest BCUT2D eigenvalue weighted by Gasteiger charge is -2.44. The smallest absolute Gasteiger partial charge is 0.221 e. The minimum Gasteiger partial charge on any atom is -0.379 e. The molecule has 0 fully saturated rings. The molecular weight excluding hydrogens is 324 g/mol. The van der Waals surface area contributed by atoms with Gasteiger partial charge in [0.15, 0.2) is 8.24 Å². The van der Waals surface area contributed by atoms with Crippen molar-refractivity contribution in [3.63, 3.8) is 0 Å². The van der Waals surface area contributed by atoms with Crippen LogP contribution in [0.3, 0.4) is 0 Å². The standard InChI is InChI=1S/C21H32N2OSi/c1-15(2)25(16(3)4,17(5)6)23-13-12-20(14-23)19-8-10-21(11-9-19)22-18(7)24/h8-17H,1-7H3,(H,22,24). The van der Waals surface area contributed by atoms with Gasteiger partial charge in [-0.25, -0.2) is 0 Å². The predicted octanol–water partition coefficient (Wildman–Crippen LogP) is 6.14. The molecule has 2 rings (SSSR count). The number of hydrogen-bond donors (Lipinski definition) is 1. The number of anilines is 1. The fourth-order valence-electron chi connectivity index (χ4n) is 4.65. The predicted molar refractivity (Wildman–Crippen MR) is 111 cm³/mol. The van der Waals surface area contributed by atoms with Crippen LogP contribution in [0.2, 0.25) is 16.6 Å². The molecule has 0 unspecified atom stereocenters. The van der Waals surface area contributed by atoms with Gasteiger partial charge in [0.25, 0.3) is 0 Å². The van der Waals surface area contributed by atoms with Crippen LogP contribution in [0.15, 0.2) is 42.7 Å². The van der Waals surface area contributed by atoms with Gasteiger partial charge in [-0.3, -0.25) is 4.79 Å². The zero-order valence-electron chi connectivity index (χ0n) is 16.6. The molecule has 0 aliphatic heterocycles. The van der Waals surface area contributed by atoms with E-state index in [9.17, 15) is 4.79 Å². The first-order valence-electron chi connectivity index (χ1n) is 9.26. The molecule has 3 nitrogen and oxygen atoms in total. The number of nitrogens with zero attached hydrogens (tertiary/aromatic N) is 1. The van der Waals surface area contributed by atoms with Crippen molar-refractivity contribution in [2.24, 2.45) is 0 Å². The summed E-state index contributed by atoms with van der Waals surface area (Å²) in [5.41, 5.74) is 5.30. The van der Waals surface area contributed by atoms with Crippen LogP contribution < -0.4 is 5.32 Å². The first-order chi connectivity index (χ1) is 11.7. The van der Waals surface area contributed by atoms with E-state index in [4.69, 9.17) is 0 Å². The maximum absolute atomic E-state index is 11.2. The van der Waals surface area contributed by atoms with E-state index in [0.29, 0.717) is 16.6 Å². The first kappa shape index (κ1) is 19.5. The lowest BCUT2D eigenvalue weighted by Crippen LogP contribution is -2.51. The maximum atomic E-state index is 11.2. The van der Waals surface area contributed by atoms with Crippen LogP contribution in [0.25, 0.3) is 11.1 Å². The summed E-state index contributed by atoms with van der Waals surface area (Å²) in [6.45, 7) is 15.8. The van der Waals surface area contributed by atoms with E-state index in [0.717, 1.165) is 5.69 Å². The molecule has 0 spiro atoms. The number of carbonyl (C=O) groups is 1. The average molecular weight is 357 g/mol. The Morgan fingerprint density at radius 3 is 1.84 bits per heavy atom. The Bertz CT molecular complexity index is 692. The zero-order valence-corrected chi connectivity index (χ0v) is 17.6. The highest BCUT2D eigenvalue weighted by molar-refractivity contribution is 6.82. The number of aromatic nitrogens is 1. The summed E-state index contributed by atoms with van der Waals surface area (Å²) < 4.78 is 2.56. The van der Waals surface area contributed by atoms with Gasteiger partial charge in [-0.1, -0.05) is 53.7 Å². The maximum Gasteiger partial charge on any atom is 0.221 e. The van der Waals surface area contributed by atoms with Crippen LogP contribution in [0.4, 0.5) is 5.69 Å². The number of carbonyl (C=O) groups excluding carboxylic acids is 1.